The van der Waals surface area contributed by atoms with E-state index in [2.05, 4.69) is 45.9 Å². The zero-order valence-corrected chi connectivity index (χ0v) is 13.0. The van der Waals surface area contributed by atoms with Gasteiger partial charge in [0.25, 0.3) is 0 Å². The number of imidazole rings is 1. The van der Waals surface area contributed by atoms with Crippen molar-refractivity contribution in [3.05, 3.63) is 41.7 Å². The minimum absolute atomic E-state index is 0.533. The monoisotopic (exact) mass is 285 g/mol. The highest BCUT2D eigenvalue weighted by Gasteiger charge is 2.25. The Morgan fingerprint density at radius 3 is 2.95 bits per heavy atom. The van der Waals surface area contributed by atoms with Crippen LogP contribution in [0.3, 0.4) is 0 Å². The number of nitrogens with zero attached hydrogens (tertiary/aromatic N) is 4. The predicted molar refractivity (Wildman–Crippen MR) is 84.4 cm³/mol. The Hall–Kier alpha value is -1.88. The van der Waals surface area contributed by atoms with Gasteiger partial charge in [-0.2, -0.15) is 0 Å². The first-order chi connectivity index (χ1) is 10.2. The van der Waals surface area contributed by atoms with Crippen LogP contribution in [0.15, 0.2) is 24.7 Å². The molecule has 0 spiro atoms. The first-order valence-electron chi connectivity index (χ1n) is 7.49. The minimum Gasteiger partial charge on any atom is -0.388 e. The third kappa shape index (κ3) is 3.08. The van der Waals surface area contributed by atoms with Crippen LogP contribution in [0.25, 0.3) is 0 Å². The summed E-state index contributed by atoms with van der Waals surface area (Å²) < 4.78 is 2.09. The molecule has 1 aliphatic rings. The summed E-state index contributed by atoms with van der Waals surface area (Å²) in [6.45, 7) is 5.23. The fourth-order valence-electron chi connectivity index (χ4n) is 3.03. The number of pyridine rings is 1. The van der Waals surface area contributed by atoms with Crippen molar-refractivity contribution in [1.29, 1.82) is 0 Å². The summed E-state index contributed by atoms with van der Waals surface area (Å²) in [5, 5.41) is 3.22. The Balaban J connectivity index is 1.69. The van der Waals surface area contributed by atoms with E-state index in [1.54, 1.807) is 0 Å². The molecule has 0 aliphatic carbocycles. The van der Waals surface area contributed by atoms with Gasteiger partial charge in [0.1, 0.15) is 0 Å². The molecule has 1 aliphatic heterocycles. The molecule has 5 heteroatoms. The van der Waals surface area contributed by atoms with Crippen molar-refractivity contribution in [1.82, 2.24) is 19.4 Å². The molecule has 21 heavy (non-hydrogen) atoms. The molecule has 2 aromatic rings. The zero-order valence-electron chi connectivity index (χ0n) is 13.0. The summed E-state index contributed by atoms with van der Waals surface area (Å²) in [7, 11) is 4.01. The number of likely N-dealkylation sites (tertiary alicyclic amines) is 1. The van der Waals surface area contributed by atoms with Gasteiger partial charge in [0.2, 0.25) is 0 Å². The van der Waals surface area contributed by atoms with Gasteiger partial charge >= 0.3 is 0 Å². The summed E-state index contributed by atoms with van der Waals surface area (Å²) in [5.74, 6) is 0.533. The number of anilines is 1. The molecule has 1 saturated heterocycles. The van der Waals surface area contributed by atoms with Gasteiger partial charge in [-0.3, -0.25) is 9.88 Å². The third-order valence-corrected chi connectivity index (χ3v) is 4.25. The maximum Gasteiger partial charge on any atom is 0.0945 e. The van der Waals surface area contributed by atoms with Crippen LogP contribution in [-0.4, -0.2) is 39.6 Å². The second kappa shape index (κ2) is 5.85. The predicted octanol–water partition coefficient (Wildman–Crippen LogP) is 2.15. The second-order valence-corrected chi connectivity index (χ2v) is 5.89. The highest BCUT2D eigenvalue weighted by Crippen LogP contribution is 2.28. The van der Waals surface area contributed by atoms with Crippen LogP contribution >= 0.6 is 0 Å². The molecule has 1 fully saturated rings. The van der Waals surface area contributed by atoms with Crippen molar-refractivity contribution in [3.63, 3.8) is 0 Å². The largest absolute Gasteiger partial charge is 0.388 e. The van der Waals surface area contributed by atoms with E-state index in [9.17, 15) is 0 Å². The normalized spacial score (nSPS) is 19.1. The van der Waals surface area contributed by atoms with E-state index < -0.39 is 0 Å². The average Bonchev–Trinajstić information content (AvgIpc) is 3.09. The summed E-state index contributed by atoms with van der Waals surface area (Å²) in [6, 6.07) is 4.27. The molecule has 1 atom stereocenters. The van der Waals surface area contributed by atoms with E-state index in [0.29, 0.717) is 5.92 Å². The molecule has 0 aromatic carbocycles. The van der Waals surface area contributed by atoms with Gasteiger partial charge in [-0.1, -0.05) is 0 Å². The van der Waals surface area contributed by atoms with Crippen molar-refractivity contribution in [3.8, 4) is 0 Å². The van der Waals surface area contributed by atoms with Gasteiger partial charge in [0, 0.05) is 56.4 Å². The van der Waals surface area contributed by atoms with E-state index >= 15 is 0 Å². The van der Waals surface area contributed by atoms with Crippen LogP contribution in [-0.2, 0) is 13.6 Å². The Kier molecular flexibility index (Phi) is 3.92. The van der Waals surface area contributed by atoms with E-state index in [0.717, 1.165) is 31.0 Å². The van der Waals surface area contributed by atoms with Gasteiger partial charge in [-0.15, -0.1) is 0 Å². The van der Waals surface area contributed by atoms with Crippen molar-refractivity contribution in [2.75, 3.05) is 25.5 Å². The number of nitrogens with one attached hydrogen (secondary N) is 1. The van der Waals surface area contributed by atoms with Gasteiger partial charge in [-0.25, -0.2) is 4.98 Å². The standard InChI is InChI=1S/C16H23N5/c1-12-6-14(17-2)7-16(19-12)13-4-5-21(9-13)10-15-8-18-11-20(15)3/h6-8,11,13H,4-5,9-10H2,1-3H3,(H,17,19)/t13-/m0/s1. The van der Waals surface area contributed by atoms with E-state index in [4.69, 9.17) is 4.98 Å². The second-order valence-electron chi connectivity index (χ2n) is 5.89. The van der Waals surface area contributed by atoms with E-state index in [-0.39, 0.29) is 0 Å². The highest BCUT2D eigenvalue weighted by atomic mass is 15.2. The Labute approximate surface area is 126 Å². The molecule has 0 bridgehead atoms. The number of hydrogen-bond donors (Lipinski definition) is 1. The molecule has 2 aromatic heterocycles. The van der Waals surface area contributed by atoms with Crippen LogP contribution in [0.2, 0.25) is 0 Å². The Morgan fingerprint density at radius 2 is 2.24 bits per heavy atom. The Morgan fingerprint density at radius 1 is 1.38 bits per heavy atom. The molecule has 1 N–H and O–H groups in total. The lowest BCUT2D eigenvalue weighted by molar-refractivity contribution is 0.318. The molecular formula is C16H23N5. The molecule has 3 heterocycles. The van der Waals surface area contributed by atoms with Crippen molar-refractivity contribution in [2.45, 2.75) is 25.8 Å². The number of aromatic nitrogens is 3. The molecule has 112 valence electrons. The van der Waals surface area contributed by atoms with Crippen LogP contribution in [0.4, 0.5) is 5.69 Å². The van der Waals surface area contributed by atoms with E-state index in [1.807, 2.05) is 19.6 Å². The maximum atomic E-state index is 4.73. The van der Waals surface area contributed by atoms with Crippen molar-refractivity contribution in [2.24, 2.45) is 7.05 Å². The summed E-state index contributed by atoms with van der Waals surface area (Å²) >= 11 is 0. The molecule has 0 radical (unpaired) electrons. The summed E-state index contributed by atoms with van der Waals surface area (Å²) in [5.41, 5.74) is 4.72. The number of rotatable bonds is 4. The maximum absolute atomic E-state index is 4.73. The molecular weight excluding hydrogens is 262 g/mol. The third-order valence-electron chi connectivity index (χ3n) is 4.25. The van der Waals surface area contributed by atoms with Crippen LogP contribution in [0, 0.1) is 6.92 Å². The van der Waals surface area contributed by atoms with Crippen molar-refractivity contribution >= 4 is 5.69 Å². The topological polar surface area (TPSA) is 46.0 Å². The molecule has 0 saturated carbocycles. The number of aryl methyl sites for hydroxylation is 2. The molecule has 5 nitrogen and oxygen atoms in total. The van der Waals surface area contributed by atoms with Gasteiger partial charge in [0.15, 0.2) is 0 Å². The number of hydrogen-bond acceptors (Lipinski definition) is 4. The summed E-state index contributed by atoms with van der Waals surface area (Å²) in [4.78, 5) is 11.4. The van der Waals surface area contributed by atoms with Gasteiger partial charge in [0.05, 0.1) is 12.0 Å². The lowest BCUT2D eigenvalue weighted by Crippen LogP contribution is -2.21. The molecule has 3 rings (SSSR count). The SMILES string of the molecule is CNc1cc(C)nc([C@H]2CCN(Cc3cncn3C)C2)c1. The zero-order chi connectivity index (χ0) is 14.8. The molecule has 0 amide bonds. The van der Waals surface area contributed by atoms with Crippen LogP contribution in [0.5, 0.6) is 0 Å². The van der Waals surface area contributed by atoms with Gasteiger partial charge in [-0.05, 0) is 32.0 Å². The average molecular weight is 285 g/mol. The van der Waals surface area contributed by atoms with Crippen LogP contribution in [0.1, 0.15) is 29.4 Å². The quantitative estimate of drug-likeness (QED) is 0.935. The molecule has 0 unspecified atom stereocenters. The van der Waals surface area contributed by atoms with Crippen molar-refractivity contribution < 1.29 is 0 Å². The van der Waals surface area contributed by atoms with Crippen LogP contribution < -0.4 is 5.32 Å². The smallest absolute Gasteiger partial charge is 0.0945 e. The van der Waals surface area contributed by atoms with E-state index in [1.165, 1.54) is 17.8 Å². The first-order valence-corrected chi connectivity index (χ1v) is 7.49. The summed E-state index contributed by atoms with van der Waals surface area (Å²) in [6.07, 6.45) is 5.00. The highest BCUT2D eigenvalue weighted by molar-refractivity contribution is 5.45. The fraction of sp³-hybridized carbons (Fsp3) is 0.500. The fourth-order valence-corrected chi connectivity index (χ4v) is 3.03. The minimum atomic E-state index is 0.533. The van der Waals surface area contributed by atoms with Gasteiger partial charge < -0.3 is 9.88 Å². The lowest BCUT2D eigenvalue weighted by atomic mass is 10.0. The lowest BCUT2D eigenvalue weighted by Gasteiger charge is -2.16. The first kappa shape index (κ1) is 14.1. The Bertz CT molecular complexity index is 619.